The van der Waals surface area contributed by atoms with E-state index in [2.05, 4.69) is 28.8 Å². The SMILES string of the molecule is CC(C)(N)C(=O)N[C@H](CCCc1ccccc1)C(=O)N1CCC2(CC1)C[C@H](C(=O)NCCCO)c1ccccc12. The van der Waals surface area contributed by atoms with Gasteiger partial charge in [0.2, 0.25) is 17.7 Å². The van der Waals surface area contributed by atoms with Gasteiger partial charge in [-0.15, -0.1) is 0 Å². The Labute approximate surface area is 237 Å². The average Bonchev–Trinajstić information content (AvgIpc) is 3.26. The Balaban J connectivity index is 1.43. The van der Waals surface area contributed by atoms with Crippen LogP contribution < -0.4 is 16.4 Å². The number of hydrogen-bond acceptors (Lipinski definition) is 5. The molecule has 0 saturated carbocycles. The number of hydrogen-bond donors (Lipinski definition) is 4. The number of fused-ring (bicyclic) bond motifs is 2. The van der Waals surface area contributed by atoms with E-state index in [-0.39, 0.29) is 35.7 Å². The molecule has 1 aliphatic heterocycles. The summed E-state index contributed by atoms with van der Waals surface area (Å²) in [5, 5.41) is 15.0. The monoisotopic (exact) mass is 548 g/mol. The van der Waals surface area contributed by atoms with Crippen LogP contribution in [0.15, 0.2) is 54.6 Å². The number of nitrogens with zero attached hydrogens (tertiary/aromatic N) is 1. The molecule has 0 unspecified atom stereocenters. The number of aliphatic hydroxyl groups is 1. The van der Waals surface area contributed by atoms with Gasteiger partial charge in [-0.05, 0) is 75.5 Å². The molecule has 2 aromatic rings. The van der Waals surface area contributed by atoms with Gasteiger partial charge in [-0.3, -0.25) is 14.4 Å². The molecule has 216 valence electrons. The maximum atomic E-state index is 13.8. The fourth-order valence-electron chi connectivity index (χ4n) is 6.15. The molecule has 0 radical (unpaired) electrons. The van der Waals surface area contributed by atoms with Crippen LogP contribution in [-0.2, 0) is 26.2 Å². The van der Waals surface area contributed by atoms with Gasteiger partial charge in [0.1, 0.15) is 6.04 Å². The largest absolute Gasteiger partial charge is 0.396 e. The Kier molecular flexibility index (Phi) is 9.64. The second-order valence-corrected chi connectivity index (χ2v) is 11.9. The van der Waals surface area contributed by atoms with E-state index < -0.39 is 11.6 Å². The van der Waals surface area contributed by atoms with Crippen molar-refractivity contribution in [2.75, 3.05) is 26.2 Å². The Hall–Kier alpha value is -3.23. The Bertz CT molecular complexity index is 1170. The highest BCUT2D eigenvalue weighted by molar-refractivity contribution is 5.91. The molecule has 40 heavy (non-hydrogen) atoms. The summed E-state index contributed by atoms with van der Waals surface area (Å²) in [6.07, 6.45) is 4.92. The lowest BCUT2D eigenvalue weighted by Gasteiger charge is -2.41. The molecule has 5 N–H and O–H groups in total. The topological polar surface area (TPSA) is 125 Å². The molecule has 0 aromatic heterocycles. The summed E-state index contributed by atoms with van der Waals surface area (Å²) in [6, 6.07) is 17.7. The zero-order chi connectivity index (χ0) is 28.8. The Morgan fingerprint density at radius 3 is 2.40 bits per heavy atom. The fraction of sp³-hybridized carbons (Fsp3) is 0.531. The summed E-state index contributed by atoms with van der Waals surface area (Å²) in [6.45, 7) is 4.94. The zero-order valence-corrected chi connectivity index (χ0v) is 23.8. The van der Waals surface area contributed by atoms with Crippen molar-refractivity contribution in [3.05, 3.63) is 71.3 Å². The van der Waals surface area contributed by atoms with Crippen molar-refractivity contribution in [2.45, 2.75) is 81.7 Å². The number of likely N-dealkylation sites (tertiary alicyclic amines) is 1. The molecule has 2 aliphatic rings. The minimum absolute atomic E-state index is 0.00173. The number of piperidine rings is 1. The number of rotatable bonds is 11. The Morgan fingerprint density at radius 2 is 1.73 bits per heavy atom. The van der Waals surface area contributed by atoms with Crippen molar-refractivity contribution in [3.63, 3.8) is 0 Å². The summed E-state index contributed by atoms with van der Waals surface area (Å²) >= 11 is 0. The lowest BCUT2D eigenvalue weighted by atomic mass is 9.73. The average molecular weight is 549 g/mol. The van der Waals surface area contributed by atoms with Gasteiger partial charge < -0.3 is 26.4 Å². The van der Waals surface area contributed by atoms with Crippen LogP contribution in [0.4, 0.5) is 0 Å². The van der Waals surface area contributed by atoms with E-state index in [9.17, 15) is 14.4 Å². The van der Waals surface area contributed by atoms with Gasteiger partial charge in [0.05, 0.1) is 11.5 Å². The molecular formula is C32H44N4O4. The first kappa shape index (κ1) is 29.7. The minimum Gasteiger partial charge on any atom is -0.396 e. The maximum absolute atomic E-state index is 13.8. The third-order valence-electron chi connectivity index (χ3n) is 8.47. The van der Waals surface area contributed by atoms with E-state index in [1.807, 2.05) is 41.3 Å². The van der Waals surface area contributed by atoms with Crippen LogP contribution in [0.3, 0.4) is 0 Å². The number of aryl methyl sites for hydroxylation is 1. The molecule has 4 rings (SSSR count). The molecule has 3 amide bonds. The van der Waals surface area contributed by atoms with Gasteiger partial charge in [-0.2, -0.15) is 0 Å². The van der Waals surface area contributed by atoms with E-state index in [0.717, 1.165) is 37.7 Å². The van der Waals surface area contributed by atoms with Crippen molar-refractivity contribution >= 4 is 17.7 Å². The third-order valence-corrected chi connectivity index (χ3v) is 8.47. The smallest absolute Gasteiger partial charge is 0.245 e. The quantitative estimate of drug-likeness (QED) is 0.322. The van der Waals surface area contributed by atoms with Gasteiger partial charge in [0.25, 0.3) is 0 Å². The van der Waals surface area contributed by atoms with E-state index >= 15 is 0 Å². The van der Waals surface area contributed by atoms with Gasteiger partial charge in [0.15, 0.2) is 0 Å². The summed E-state index contributed by atoms with van der Waals surface area (Å²) in [5.74, 6) is -0.625. The van der Waals surface area contributed by atoms with Crippen LogP contribution in [-0.4, -0.2) is 65.5 Å². The van der Waals surface area contributed by atoms with Crippen LogP contribution in [0.1, 0.15) is 75.0 Å². The molecule has 2 aromatic carbocycles. The van der Waals surface area contributed by atoms with Crippen LogP contribution >= 0.6 is 0 Å². The number of carbonyl (C=O) groups is 3. The highest BCUT2D eigenvalue weighted by Gasteiger charge is 2.48. The molecule has 0 bridgehead atoms. The first-order valence-electron chi connectivity index (χ1n) is 14.6. The van der Waals surface area contributed by atoms with Crippen LogP contribution in [0.5, 0.6) is 0 Å². The van der Waals surface area contributed by atoms with Crippen LogP contribution in [0, 0.1) is 0 Å². The first-order valence-corrected chi connectivity index (χ1v) is 14.6. The normalized spacial score (nSPS) is 18.7. The molecule has 1 saturated heterocycles. The summed E-state index contributed by atoms with van der Waals surface area (Å²) in [7, 11) is 0. The van der Waals surface area contributed by atoms with E-state index in [4.69, 9.17) is 10.8 Å². The molecule has 1 aliphatic carbocycles. The Morgan fingerprint density at radius 1 is 1.05 bits per heavy atom. The highest BCUT2D eigenvalue weighted by Crippen LogP contribution is 2.51. The summed E-state index contributed by atoms with van der Waals surface area (Å²) in [5.41, 5.74) is 8.29. The standard InChI is InChI=1S/C32H44N4O4/c1-31(2,33)30(40)35-27(15-8-12-23-10-4-3-5-11-23)29(39)36-19-16-32(17-20-36)22-25(28(38)34-18-9-21-37)24-13-6-7-14-26(24)32/h3-7,10-11,13-14,25,27,37H,8-9,12,15-22,33H2,1-2H3,(H,34,38)(H,35,40)/t25-,27+/m0/s1. The second kappa shape index (κ2) is 13.0. The maximum Gasteiger partial charge on any atom is 0.245 e. The molecule has 8 heteroatoms. The van der Waals surface area contributed by atoms with Crippen molar-refractivity contribution in [1.29, 1.82) is 0 Å². The van der Waals surface area contributed by atoms with Crippen molar-refractivity contribution in [2.24, 2.45) is 5.73 Å². The lowest BCUT2D eigenvalue weighted by Crippen LogP contribution is -2.57. The molecule has 1 fully saturated rings. The second-order valence-electron chi connectivity index (χ2n) is 11.9. The first-order chi connectivity index (χ1) is 19.1. The molecule has 1 spiro atoms. The molecule has 2 atom stereocenters. The number of carbonyl (C=O) groups excluding carboxylic acids is 3. The zero-order valence-electron chi connectivity index (χ0n) is 23.8. The molecule has 1 heterocycles. The molecule has 8 nitrogen and oxygen atoms in total. The number of aliphatic hydroxyl groups excluding tert-OH is 1. The fourth-order valence-corrected chi connectivity index (χ4v) is 6.15. The van der Waals surface area contributed by atoms with Crippen LogP contribution in [0.2, 0.25) is 0 Å². The number of nitrogens with one attached hydrogen (secondary N) is 2. The van der Waals surface area contributed by atoms with Crippen molar-refractivity contribution < 1.29 is 19.5 Å². The highest BCUT2D eigenvalue weighted by atomic mass is 16.3. The number of benzene rings is 2. The van der Waals surface area contributed by atoms with Crippen LogP contribution in [0.25, 0.3) is 0 Å². The lowest BCUT2D eigenvalue weighted by molar-refractivity contribution is -0.139. The van der Waals surface area contributed by atoms with Crippen molar-refractivity contribution in [1.82, 2.24) is 15.5 Å². The van der Waals surface area contributed by atoms with E-state index in [0.29, 0.717) is 32.5 Å². The predicted molar refractivity (Wildman–Crippen MR) is 156 cm³/mol. The summed E-state index contributed by atoms with van der Waals surface area (Å²) < 4.78 is 0. The van der Waals surface area contributed by atoms with Gasteiger partial charge in [0, 0.05) is 31.7 Å². The molecular weight excluding hydrogens is 504 g/mol. The minimum atomic E-state index is -1.08. The third kappa shape index (κ3) is 6.91. The van der Waals surface area contributed by atoms with Gasteiger partial charge in [-0.1, -0.05) is 54.6 Å². The number of nitrogens with two attached hydrogens (primary N) is 1. The summed E-state index contributed by atoms with van der Waals surface area (Å²) in [4.78, 5) is 41.5. The predicted octanol–water partition coefficient (Wildman–Crippen LogP) is 2.78. The van der Waals surface area contributed by atoms with Gasteiger partial charge in [-0.25, -0.2) is 0 Å². The van der Waals surface area contributed by atoms with E-state index in [1.54, 1.807) is 13.8 Å². The van der Waals surface area contributed by atoms with Gasteiger partial charge >= 0.3 is 0 Å². The van der Waals surface area contributed by atoms with Crippen molar-refractivity contribution in [3.8, 4) is 0 Å². The van der Waals surface area contributed by atoms with E-state index in [1.165, 1.54) is 11.1 Å². The number of amides is 3.